The van der Waals surface area contributed by atoms with Crippen molar-refractivity contribution in [3.05, 3.63) is 91.0 Å². The lowest BCUT2D eigenvalue weighted by Gasteiger charge is -2.36. The van der Waals surface area contributed by atoms with E-state index in [2.05, 4.69) is 45.4 Å². The number of anilines is 1. The number of halogens is 1. The lowest BCUT2D eigenvalue weighted by Crippen LogP contribution is -2.48. The zero-order chi connectivity index (χ0) is 30.9. The Bertz CT molecular complexity index is 1480. The van der Waals surface area contributed by atoms with Crippen LogP contribution in [0.3, 0.4) is 0 Å². The van der Waals surface area contributed by atoms with E-state index in [0.29, 0.717) is 13.0 Å². The van der Waals surface area contributed by atoms with Crippen LogP contribution in [0.15, 0.2) is 91.0 Å². The first-order valence-corrected chi connectivity index (χ1v) is 15.4. The fourth-order valence-corrected chi connectivity index (χ4v) is 5.58. The monoisotopic (exact) mass is 631 g/mol. The van der Waals surface area contributed by atoms with Crippen molar-refractivity contribution < 1.29 is 19.6 Å². The van der Waals surface area contributed by atoms with Gasteiger partial charge in [-0.25, -0.2) is 0 Å². The zero-order valence-corrected chi connectivity index (χ0v) is 26.8. The molecule has 0 aliphatic carbocycles. The predicted molar refractivity (Wildman–Crippen MR) is 183 cm³/mol. The summed E-state index contributed by atoms with van der Waals surface area (Å²) in [6, 6.07) is 30.2. The molecule has 238 valence electrons. The highest BCUT2D eigenvalue weighted by Gasteiger charge is 2.26. The van der Waals surface area contributed by atoms with E-state index in [9.17, 15) is 14.8 Å². The van der Waals surface area contributed by atoms with E-state index < -0.39 is 13.1 Å². The summed E-state index contributed by atoms with van der Waals surface area (Å²) in [5, 5.41) is 27.1. The maximum atomic E-state index is 13.0. The van der Waals surface area contributed by atoms with Gasteiger partial charge in [-0.3, -0.25) is 14.4 Å². The lowest BCUT2D eigenvalue weighted by molar-refractivity contribution is -0.122. The van der Waals surface area contributed by atoms with Gasteiger partial charge < -0.3 is 25.0 Å². The molecular formula is C34H43BClN5O4. The van der Waals surface area contributed by atoms with Gasteiger partial charge >= 0.3 is 7.12 Å². The fourth-order valence-electron chi connectivity index (χ4n) is 5.58. The number of para-hydroxylation sites is 1. The van der Waals surface area contributed by atoms with Crippen molar-refractivity contribution >= 4 is 31.1 Å². The third-order valence-corrected chi connectivity index (χ3v) is 7.87. The van der Waals surface area contributed by atoms with E-state index in [-0.39, 0.29) is 30.8 Å². The van der Waals surface area contributed by atoms with Gasteiger partial charge in [0.2, 0.25) is 5.91 Å². The highest BCUT2D eigenvalue weighted by molar-refractivity contribution is 6.43. The molecule has 3 aromatic carbocycles. The number of amides is 1. The molecule has 1 saturated heterocycles. The standard InChI is InChI=1S/C34H42BN5O4.ClH/c1-26(2)22-33(35(42)43)36-34(41)25-40-32(27-10-5-3-6-11-27)24-31(37-40)28-12-9-15-30(23-28)44-21-20-38-16-18-39(19-17-38)29-13-7-4-8-14-29;/h3-15,23-24,26,33,42-43H,16-22,25H2,1-2H3,(H,36,41);1H/t33-;/m0./s1. The summed E-state index contributed by atoms with van der Waals surface area (Å²) in [5.41, 5.74) is 4.61. The molecule has 2 heterocycles. The molecule has 1 amide bonds. The molecule has 0 bridgehead atoms. The molecular weight excluding hydrogens is 589 g/mol. The molecule has 5 rings (SSSR count). The molecule has 1 aliphatic rings. The quantitative estimate of drug-likeness (QED) is 0.188. The van der Waals surface area contributed by atoms with Crippen molar-refractivity contribution in [3.8, 4) is 28.3 Å². The first kappa shape index (κ1) is 34.1. The molecule has 45 heavy (non-hydrogen) atoms. The maximum absolute atomic E-state index is 13.0. The molecule has 0 unspecified atom stereocenters. The molecule has 11 heteroatoms. The van der Waals surface area contributed by atoms with E-state index in [1.54, 1.807) is 4.68 Å². The third-order valence-electron chi connectivity index (χ3n) is 7.87. The minimum Gasteiger partial charge on any atom is -0.492 e. The normalized spacial score (nSPS) is 14.1. The highest BCUT2D eigenvalue weighted by Crippen LogP contribution is 2.28. The van der Waals surface area contributed by atoms with Crippen LogP contribution in [-0.2, 0) is 11.3 Å². The smallest absolute Gasteiger partial charge is 0.475 e. The largest absolute Gasteiger partial charge is 0.492 e. The van der Waals surface area contributed by atoms with Crippen LogP contribution in [-0.4, -0.2) is 83.0 Å². The van der Waals surface area contributed by atoms with Gasteiger partial charge in [0, 0.05) is 44.0 Å². The molecule has 0 radical (unpaired) electrons. The number of carbonyl (C=O) groups is 1. The van der Waals surface area contributed by atoms with Gasteiger partial charge in [-0.05, 0) is 48.2 Å². The van der Waals surface area contributed by atoms with Crippen molar-refractivity contribution in [2.45, 2.75) is 32.8 Å². The third kappa shape index (κ3) is 9.58. The second kappa shape index (κ2) is 16.5. The average molecular weight is 632 g/mol. The molecule has 3 N–H and O–H groups in total. The van der Waals surface area contributed by atoms with E-state index in [4.69, 9.17) is 9.84 Å². The van der Waals surface area contributed by atoms with E-state index >= 15 is 0 Å². The molecule has 4 aromatic rings. The number of ether oxygens (including phenoxy) is 1. The summed E-state index contributed by atoms with van der Waals surface area (Å²) in [6.07, 6.45) is 0.454. The summed E-state index contributed by atoms with van der Waals surface area (Å²) in [5.74, 6) is -0.124. The summed E-state index contributed by atoms with van der Waals surface area (Å²) < 4.78 is 7.83. The van der Waals surface area contributed by atoms with Crippen LogP contribution in [0.25, 0.3) is 22.5 Å². The molecule has 0 saturated carbocycles. The molecule has 9 nitrogen and oxygen atoms in total. The number of rotatable bonds is 13. The second-order valence-corrected chi connectivity index (χ2v) is 11.7. The topological polar surface area (TPSA) is 103 Å². The van der Waals surface area contributed by atoms with Crippen LogP contribution in [0.4, 0.5) is 5.69 Å². The van der Waals surface area contributed by atoms with E-state index in [1.807, 2.05) is 74.5 Å². The first-order valence-electron chi connectivity index (χ1n) is 15.4. The van der Waals surface area contributed by atoms with Crippen molar-refractivity contribution in [1.29, 1.82) is 0 Å². The molecule has 1 atom stereocenters. The number of carbonyl (C=O) groups excluding carboxylic acids is 1. The van der Waals surface area contributed by atoms with Crippen molar-refractivity contribution in [1.82, 2.24) is 20.0 Å². The van der Waals surface area contributed by atoms with Gasteiger partial charge in [-0.15, -0.1) is 12.4 Å². The van der Waals surface area contributed by atoms with Gasteiger partial charge in [-0.1, -0.05) is 74.5 Å². The zero-order valence-electron chi connectivity index (χ0n) is 26.0. The van der Waals surface area contributed by atoms with Gasteiger partial charge in [0.15, 0.2) is 0 Å². The SMILES string of the molecule is CC(C)C[C@H](NC(=O)Cn1nc(-c2cccc(OCCN3CCN(c4ccccc4)CC3)c2)cc1-c1ccccc1)B(O)O.Cl. The summed E-state index contributed by atoms with van der Waals surface area (Å²) in [4.78, 5) is 17.9. The number of nitrogens with one attached hydrogen (secondary N) is 1. The Labute approximate surface area is 272 Å². The number of aromatic nitrogens is 2. The fraction of sp³-hybridized carbons (Fsp3) is 0.353. The highest BCUT2D eigenvalue weighted by atomic mass is 35.5. The number of hydrogen-bond donors (Lipinski definition) is 3. The Morgan fingerprint density at radius 1 is 0.911 bits per heavy atom. The van der Waals surface area contributed by atoms with E-state index in [0.717, 1.165) is 61.0 Å². The Hall–Kier alpha value is -3.83. The number of benzene rings is 3. The van der Waals surface area contributed by atoms with Crippen LogP contribution < -0.4 is 15.0 Å². The van der Waals surface area contributed by atoms with E-state index in [1.165, 1.54) is 5.69 Å². The van der Waals surface area contributed by atoms with Gasteiger partial charge in [0.25, 0.3) is 0 Å². The van der Waals surface area contributed by atoms with Gasteiger partial charge in [0.1, 0.15) is 18.9 Å². The van der Waals surface area contributed by atoms with Gasteiger partial charge in [-0.2, -0.15) is 5.10 Å². The van der Waals surface area contributed by atoms with Crippen molar-refractivity contribution in [3.63, 3.8) is 0 Å². The number of piperazine rings is 1. The minimum atomic E-state index is -1.63. The number of nitrogens with zero attached hydrogens (tertiary/aromatic N) is 4. The Morgan fingerprint density at radius 2 is 1.58 bits per heavy atom. The Kier molecular flexibility index (Phi) is 12.5. The Morgan fingerprint density at radius 3 is 2.24 bits per heavy atom. The molecule has 0 spiro atoms. The maximum Gasteiger partial charge on any atom is 0.475 e. The van der Waals surface area contributed by atoms with Crippen LogP contribution in [0, 0.1) is 5.92 Å². The van der Waals surface area contributed by atoms with Crippen LogP contribution >= 0.6 is 12.4 Å². The first-order chi connectivity index (χ1) is 21.4. The van der Waals surface area contributed by atoms with Crippen LogP contribution in [0.5, 0.6) is 5.75 Å². The summed E-state index contributed by atoms with van der Waals surface area (Å²) in [6.45, 7) is 9.34. The molecule has 1 aliphatic heterocycles. The van der Waals surface area contributed by atoms with Crippen LogP contribution in [0.1, 0.15) is 20.3 Å². The minimum absolute atomic E-state index is 0. The second-order valence-electron chi connectivity index (χ2n) is 11.7. The van der Waals surface area contributed by atoms with Crippen molar-refractivity contribution in [2.75, 3.05) is 44.2 Å². The molecule has 1 fully saturated rings. The molecule has 1 aromatic heterocycles. The average Bonchev–Trinajstić information content (AvgIpc) is 3.45. The summed E-state index contributed by atoms with van der Waals surface area (Å²) in [7, 11) is -1.63. The van der Waals surface area contributed by atoms with Crippen LogP contribution in [0.2, 0.25) is 0 Å². The van der Waals surface area contributed by atoms with Gasteiger partial charge in [0.05, 0.1) is 17.3 Å². The summed E-state index contributed by atoms with van der Waals surface area (Å²) >= 11 is 0. The van der Waals surface area contributed by atoms with Crippen molar-refractivity contribution in [2.24, 2.45) is 5.92 Å². The lowest BCUT2D eigenvalue weighted by atomic mass is 9.75. The number of hydrogen-bond acceptors (Lipinski definition) is 7. The predicted octanol–water partition coefficient (Wildman–Crippen LogP) is 4.38. The Balaban J connectivity index is 0.00000461.